The minimum absolute atomic E-state index is 0.00800. The Labute approximate surface area is 251 Å². The molecule has 1 fully saturated rings. The third kappa shape index (κ3) is 6.89. The van der Waals surface area contributed by atoms with E-state index in [9.17, 15) is 0 Å². The lowest BCUT2D eigenvalue weighted by molar-refractivity contribution is 0.243. The number of ether oxygens (including phenoxy) is 2. The van der Waals surface area contributed by atoms with Gasteiger partial charge in [0, 0.05) is 50.6 Å². The van der Waals surface area contributed by atoms with Gasteiger partial charge in [-0.1, -0.05) is 36.7 Å². The van der Waals surface area contributed by atoms with Gasteiger partial charge >= 0.3 is 0 Å². The van der Waals surface area contributed by atoms with E-state index >= 15 is 0 Å². The average molecular weight is 594 g/mol. The van der Waals surface area contributed by atoms with Crippen molar-refractivity contribution in [3.05, 3.63) is 65.4 Å². The van der Waals surface area contributed by atoms with Crippen LogP contribution in [-0.4, -0.2) is 64.0 Å². The van der Waals surface area contributed by atoms with Gasteiger partial charge in [0.15, 0.2) is 0 Å². The normalized spacial score (nSPS) is 14.0. The molecule has 2 aromatic heterocycles. The summed E-state index contributed by atoms with van der Waals surface area (Å²) >= 11 is 8.36. The van der Waals surface area contributed by atoms with Crippen LogP contribution in [0.1, 0.15) is 26.3 Å². The fourth-order valence-electron chi connectivity index (χ4n) is 4.68. The summed E-state index contributed by atoms with van der Waals surface area (Å²) in [4.78, 5) is 15.3. The second kappa shape index (κ2) is 13.0. The third-order valence-corrected chi connectivity index (χ3v) is 7.87. The highest BCUT2D eigenvalue weighted by Crippen LogP contribution is 2.41. The Morgan fingerprint density at radius 1 is 1.00 bits per heavy atom. The zero-order valence-corrected chi connectivity index (χ0v) is 25.7. The molecule has 2 aromatic carbocycles. The van der Waals surface area contributed by atoms with Crippen molar-refractivity contribution in [1.82, 2.24) is 24.6 Å². The number of nitrogens with one attached hydrogen (secondary N) is 1. The Kier molecular flexibility index (Phi) is 9.22. The Morgan fingerprint density at radius 2 is 1.76 bits per heavy atom. The van der Waals surface area contributed by atoms with E-state index in [1.54, 1.807) is 10.9 Å². The average Bonchev–Trinajstić information content (AvgIpc) is 3.38. The molecule has 1 aliphatic heterocycles. The summed E-state index contributed by atoms with van der Waals surface area (Å²) in [6, 6.07) is 13.8. The van der Waals surface area contributed by atoms with Crippen LogP contribution < -0.4 is 19.1 Å². The first-order valence-corrected chi connectivity index (χ1v) is 15.0. The first-order chi connectivity index (χ1) is 19.8. The van der Waals surface area contributed by atoms with Crippen LogP contribution in [0, 0.1) is 0 Å². The van der Waals surface area contributed by atoms with Crippen LogP contribution in [0.25, 0.3) is 11.3 Å². The molecule has 0 spiro atoms. The van der Waals surface area contributed by atoms with Crippen molar-refractivity contribution in [1.29, 1.82) is 0 Å². The van der Waals surface area contributed by atoms with Crippen LogP contribution in [0.2, 0.25) is 5.02 Å². The van der Waals surface area contributed by atoms with Gasteiger partial charge in [-0.3, -0.25) is 9.40 Å². The van der Waals surface area contributed by atoms with E-state index in [-0.39, 0.29) is 6.10 Å². The lowest BCUT2D eigenvalue weighted by Crippen LogP contribution is -2.44. The van der Waals surface area contributed by atoms with E-state index in [1.165, 1.54) is 11.9 Å². The molecule has 9 nitrogen and oxygen atoms in total. The van der Waals surface area contributed by atoms with Gasteiger partial charge in [-0.15, -0.1) is 0 Å². The molecule has 5 rings (SSSR count). The molecule has 0 aliphatic carbocycles. The lowest BCUT2D eigenvalue weighted by atomic mass is 10.0. The van der Waals surface area contributed by atoms with Gasteiger partial charge < -0.3 is 19.3 Å². The number of hydrogen-bond acceptors (Lipinski definition) is 9. The summed E-state index contributed by atoms with van der Waals surface area (Å²) in [6.45, 7) is 9.88. The summed E-state index contributed by atoms with van der Waals surface area (Å²) in [5.74, 6) is 2.16. The topological polar surface area (TPSA) is 80.6 Å². The molecule has 3 heterocycles. The van der Waals surface area contributed by atoms with Crippen molar-refractivity contribution >= 4 is 35.2 Å². The first-order valence-electron chi connectivity index (χ1n) is 13.8. The summed E-state index contributed by atoms with van der Waals surface area (Å²) in [7, 11) is 4.02. The number of benzene rings is 2. The van der Waals surface area contributed by atoms with Crippen LogP contribution in [0.15, 0.2) is 59.8 Å². The zero-order valence-electron chi connectivity index (χ0n) is 24.1. The number of likely N-dealkylation sites (N-methyl/N-ethyl adjacent to an activating group) is 1. The standard InChI is InChI=1S/C30H36ClN7O2S/c1-6-22-28(23-10-7-8-12-25(23)39-20(2)3)33-30(35-41-21-18-32-37(5)19-21)34-29(22)40-26-13-9-11-24(27(26)31)38-16-14-36(4)15-17-38/h7-13,18-20H,6,14-17H2,1-5H3,(H,33,34,35). The molecular weight excluding hydrogens is 558 g/mol. The van der Waals surface area contributed by atoms with Crippen molar-refractivity contribution < 1.29 is 9.47 Å². The molecule has 41 heavy (non-hydrogen) atoms. The fourth-order valence-corrected chi connectivity index (χ4v) is 5.57. The molecule has 0 radical (unpaired) electrons. The molecule has 1 N–H and O–H groups in total. The SMILES string of the molecule is CCc1c(Oc2cccc(N3CCN(C)CC3)c2Cl)nc(NSc2cnn(C)c2)nc1-c1ccccc1OC(C)C. The number of para-hydroxylation sites is 1. The number of aromatic nitrogens is 4. The van der Waals surface area contributed by atoms with Gasteiger partial charge in [0.2, 0.25) is 11.8 Å². The number of halogens is 1. The largest absolute Gasteiger partial charge is 0.490 e. The molecule has 1 aliphatic rings. The molecule has 0 atom stereocenters. The van der Waals surface area contributed by atoms with Gasteiger partial charge in [-0.05, 0) is 63.5 Å². The highest BCUT2D eigenvalue weighted by Gasteiger charge is 2.23. The molecule has 0 amide bonds. The highest BCUT2D eigenvalue weighted by atomic mass is 35.5. The van der Waals surface area contributed by atoms with Crippen LogP contribution in [-0.2, 0) is 13.5 Å². The van der Waals surface area contributed by atoms with Crippen molar-refractivity contribution in [2.75, 3.05) is 42.8 Å². The van der Waals surface area contributed by atoms with E-state index < -0.39 is 0 Å². The maximum Gasteiger partial charge on any atom is 0.237 e. The predicted octanol–water partition coefficient (Wildman–Crippen LogP) is 6.54. The minimum Gasteiger partial charge on any atom is -0.490 e. The number of hydrogen-bond donors (Lipinski definition) is 1. The van der Waals surface area contributed by atoms with Gasteiger partial charge in [-0.25, -0.2) is 4.98 Å². The van der Waals surface area contributed by atoms with Crippen molar-refractivity contribution in [3.8, 4) is 28.6 Å². The second-order valence-corrected chi connectivity index (χ2v) is 11.5. The minimum atomic E-state index is 0.00800. The number of piperazine rings is 1. The van der Waals surface area contributed by atoms with Gasteiger partial charge in [0.25, 0.3) is 0 Å². The Hall–Kier alpha value is -3.47. The van der Waals surface area contributed by atoms with Crippen molar-refractivity contribution in [2.45, 2.75) is 38.2 Å². The Balaban J connectivity index is 1.55. The van der Waals surface area contributed by atoms with Crippen molar-refractivity contribution in [2.24, 2.45) is 7.05 Å². The van der Waals surface area contributed by atoms with Gasteiger partial charge in [0.05, 0.1) is 28.6 Å². The number of nitrogens with zero attached hydrogens (tertiary/aromatic N) is 6. The van der Waals surface area contributed by atoms with Gasteiger partial charge in [0.1, 0.15) is 16.5 Å². The van der Waals surface area contributed by atoms with E-state index in [4.69, 9.17) is 31.0 Å². The smallest absolute Gasteiger partial charge is 0.237 e. The monoisotopic (exact) mass is 593 g/mol. The van der Waals surface area contributed by atoms with Crippen LogP contribution >= 0.6 is 23.5 Å². The highest BCUT2D eigenvalue weighted by molar-refractivity contribution is 8.00. The predicted molar refractivity (Wildman–Crippen MR) is 167 cm³/mol. The Morgan fingerprint density at radius 3 is 2.46 bits per heavy atom. The second-order valence-electron chi connectivity index (χ2n) is 10.2. The molecule has 11 heteroatoms. The van der Waals surface area contributed by atoms with Crippen LogP contribution in [0.5, 0.6) is 17.4 Å². The maximum atomic E-state index is 6.97. The Bertz CT molecular complexity index is 1490. The van der Waals surface area contributed by atoms with E-state index in [0.29, 0.717) is 29.0 Å². The molecule has 4 aromatic rings. The quantitative estimate of drug-likeness (QED) is 0.206. The molecule has 0 unspecified atom stereocenters. The number of aryl methyl sites for hydroxylation is 1. The van der Waals surface area contributed by atoms with Crippen LogP contribution in [0.4, 0.5) is 11.6 Å². The summed E-state index contributed by atoms with van der Waals surface area (Å²) in [5.41, 5.74) is 3.44. The first kappa shape index (κ1) is 29.0. The molecule has 0 saturated carbocycles. The third-order valence-electron chi connectivity index (χ3n) is 6.76. The zero-order chi connectivity index (χ0) is 28.9. The molecule has 1 saturated heterocycles. The van der Waals surface area contributed by atoms with E-state index in [0.717, 1.165) is 59.3 Å². The number of anilines is 2. The molecule has 0 bridgehead atoms. The molecular formula is C30H36ClN7O2S. The number of rotatable bonds is 10. The lowest BCUT2D eigenvalue weighted by Gasteiger charge is -2.34. The summed E-state index contributed by atoms with van der Waals surface area (Å²) in [6.07, 6.45) is 4.36. The van der Waals surface area contributed by atoms with E-state index in [1.807, 2.05) is 69.6 Å². The van der Waals surface area contributed by atoms with Gasteiger partial charge in [-0.2, -0.15) is 10.1 Å². The van der Waals surface area contributed by atoms with Crippen molar-refractivity contribution in [3.63, 3.8) is 0 Å². The maximum absolute atomic E-state index is 6.97. The fraction of sp³-hybridized carbons (Fsp3) is 0.367. The van der Waals surface area contributed by atoms with Crippen LogP contribution in [0.3, 0.4) is 0 Å². The summed E-state index contributed by atoms with van der Waals surface area (Å²) < 4.78 is 17.7. The summed E-state index contributed by atoms with van der Waals surface area (Å²) in [5, 5.41) is 4.82. The van der Waals surface area contributed by atoms with E-state index in [2.05, 4.69) is 33.6 Å². The molecule has 216 valence electrons.